The van der Waals surface area contributed by atoms with Gasteiger partial charge in [0.2, 0.25) is 0 Å². The van der Waals surface area contributed by atoms with Gasteiger partial charge in [0.05, 0.1) is 0 Å². The Morgan fingerprint density at radius 3 is 2.72 bits per heavy atom. The molecule has 0 aliphatic heterocycles. The second kappa shape index (κ2) is 5.17. The Labute approximate surface area is 105 Å². The zero-order valence-corrected chi connectivity index (χ0v) is 10.6. The summed E-state index contributed by atoms with van der Waals surface area (Å²) in [5, 5.41) is 0.828. The molecule has 0 spiro atoms. The molecule has 1 heterocycles. The molecule has 1 atom stereocenters. The number of hydrogen-bond donors (Lipinski definition) is 0. The van der Waals surface area contributed by atoms with Crippen molar-refractivity contribution in [2.24, 2.45) is 5.92 Å². The Balaban J connectivity index is 2.34. The topological polar surface area (TPSA) is 47.3 Å². The highest BCUT2D eigenvalue weighted by atomic mass is 16.4. The van der Waals surface area contributed by atoms with E-state index in [0.717, 1.165) is 11.8 Å². The predicted octanol–water partition coefficient (Wildman–Crippen LogP) is 3.41. The summed E-state index contributed by atoms with van der Waals surface area (Å²) >= 11 is 0. The van der Waals surface area contributed by atoms with Crippen molar-refractivity contribution in [2.45, 2.75) is 26.7 Å². The Morgan fingerprint density at radius 2 is 2.00 bits per heavy atom. The summed E-state index contributed by atoms with van der Waals surface area (Å²) in [7, 11) is 0. The Kier molecular flexibility index (Phi) is 3.60. The first-order chi connectivity index (χ1) is 8.60. The summed E-state index contributed by atoms with van der Waals surface area (Å²) in [6.45, 7) is 4.12. The Hall–Kier alpha value is -1.90. The lowest BCUT2D eigenvalue weighted by atomic mass is 9.97. The van der Waals surface area contributed by atoms with Gasteiger partial charge in [-0.25, -0.2) is 4.79 Å². The highest BCUT2D eigenvalue weighted by Crippen LogP contribution is 2.17. The molecule has 2 rings (SSSR count). The second-order valence-electron chi connectivity index (χ2n) is 4.65. The van der Waals surface area contributed by atoms with Crippen LogP contribution in [-0.4, -0.2) is 5.78 Å². The van der Waals surface area contributed by atoms with E-state index in [-0.39, 0.29) is 5.78 Å². The summed E-state index contributed by atoms with van der Waals surface area (Å²) in [6, 6.07) is 8.32. The Morgan fingerprint density at radius 1 is 1.28 bits per heavy atom. The summed E-state index contributed by atoms with van der Waals surface area (Å²) in [5.41, 5.74) is 0.684. The molecule has 0 radical (unpaired) electrons. The molecule has 1 aromatic carbocycles. The van der Waals surface area contributed by atoms with Crippen LogP contribution in [0.4, 0.5) is 0 Å². The van der Waals surface area contributed by atoms with Crippen molar-refractivity contribution in [2.75, 3.05) is 0 Å². The molecule has 0 fully saturated rings. The van der Waals surface area contributed by atoms with Crippen molar-refractivity contribution >= 4 is 16.8 Å². The third-order valence-corrected chi connectivity index (χ3v) is 3.18. The number of rotatable bonds is 4. The lowest BCUT2D eigenvalue weighted by molar-refractivity contribution is 0.0963. The third-order valence-electron chi connectivity index (χ3n) is 3.18. The van der Waals surface area contributed by atoms with Crippen LogP contribution in [0.5, 0.6) is 0 Å². The molecule has 3 heteroatoms. The fourth-order valence-electron chi connectivity index (χ4n) is 1.81. The van der Waals surface area contributed by atoms with Gasteiger partial charge in [-0.1, -0.05) is 32.4 Å². The van der Waals surface area contributed by atoms with Crippen molar-refractivity contribution in [1.29, 1.82) is 0 Å². The van der Waals surface area contributed by atoms with Crippen molar-refractivity contribution in [3.05, 3.63) is 46.3 Å². The normalized spacial score (nSPS) is 12.6. The number of benzene rings is 1. The summed E-state index contributed by atoms with van der Waals surface area (Å²) in [4.78, 5) is 23.2. The van der Waals surface area contributed by atoms with Crippen LogP contribution in [0.2, 0.25) is 0 Å². The van der Waals surface area contributed by atoms with E-state index in [0.29, 0.717) is 23.5 Å². The Bertz CT molecular complexity index is 625. The van der Waals surface area contributed by atoms with Crippen LogP contribution in [0.25, 0.3) is 11.0 Å². The molecular weight excluding hydrogens is 228 g/mol. The van der Waals surface area contributed by atoms with Gasteiger partial charge in [-0.3, -0.25) is 4.79 Å². The molecule has 0 saturated heterocycles. The number of carbonyl (C=O) groups excluding carboxylic acids is 1. The van der Waals surface area contributed by atoms with Crippen LogP contribution in [0, 0.1) is 5.92 Å². The zero-order chi connectivity index (χ0) is 13.1. The van der Waals surface area contributed by atoms with E-state index in [2.05, 4.69) is 13.8 Å². The molecule has 0 aliphatic rings. The maximum Gasteiger partial charge on any atom is 0.336 e. The maximum absolute atomic E-state index is 12.0. The van der Waals surface area contributed by atoms with Gasteiger partial charge >= 0.3 is 5.63 Å². The minimum absolute atomic E-state index is 0.0951. The van der Waals surface area contributed by atoms with Gasteiger partial charge in [-0.05, 0) is 18.1 Å². The molecule has 18 heavy (non-hydrogen) atoms. The first kappa shape index (κ1) is 12.6. The minimum Gasteiger partial charge on any atom is -0.423 e. The van der Waals surface area contributed by atoms with Gasteiger partial charge in [0.1, 0.15) is 5.58 Å². The van der Waals surface area contributed by atoms with Gasteiger partial charge in [0.25, 0.3) is 0 Å². The lowest BCUT2D eigenvalue weighted by Crippen LogP contribution is -2.05. The fraction of sp³-hybridized carbons (Fsp3) is 0.333. The van der Waals surface area contributed by atoms with Crippen molar-refractivity contribution in [3.8, 4) is 0 Å². The SMILES string of the molecule is CCC(C)CC(=O)c1ccc2ccc(=O)oc2c1. The van der Waals surface area contributed by atoms with E-state index in [1.54, 1.807) is 18.2 Å². The molecule has 2 aromatic rings. The monoisotopic (exact) mass is 244 g/mol. The lowest BCUT2D eigenvalue weighted by Gasteiger charge is -2.07. The fourth-order valence-corrected chi connectivity index (χ4v) is 1.81. The van der Waals surface area contributed by atoms with Crippen LogP contribution in [-0.2, 0) is 0 Å². The van der Waals surface area contributed by atoms with E-state index in [1.165, 1.54) is 6.07 Å². The van der Waals surface area contributed by atoms with Gasteiger partial charge in [0, 0.05) is 23.4 Å². The smallest absolute Gasteiger partial charge is 0.336 e. The average molecular weight is 244 g/mol. The molecule has 94 valence electrons. The largest absolute Gasteiger partial charge is 0.423 e. The van der Waals surface area contributed by atoms with Gasteiger partial charge in [0.15, 0.2) is 5.78 Å². The van der Waals surface area contributed by atoms with Gasteiger partial charge in [-0.2, -0.15) is 0 Å². The number of Topliss-reactive ketones (excluding diaryl/α,β-unsaturated/α-hetero) is 1. The van der Waals surface area contributed by atoms with Crippen molar-refractivity contribution < 1.29 is 9.21 Å². The van der Waals surface area contributed by atoms with Crippen LogP contribution < -0.4 is 5.63 Å². The van der Waals surface area contributed by atoms with E-state index in [9.17, 15) is 9.59 Å². The summed E-state index contributed by atoms with van der Waals surface area (Å²) in [5.74, 6) is 0.466. The van der Waals surface area contributed by atoms with Gasteiger partial charge in [-0.15, -0.1) is 0 Å². The first-order valence-corrected chi connectivity index (χ1v) is 6.17. The summed E-state index contributed by atoms with van der Waals surface area (Å²) < 4.78 is 5.08. The molecule has 0 saturated carbocycles. The third kappa shape index (κ3) is 2.67. The number of ketones is 1. The van der Waals surface area contributed by atoms with E-state index < -0.39 is 5.63 Å². The second-order valence-corrected chi connectivity index (χ2v) is 4.65. The van der Waals surface area contributed by atoms with E-state index >= 15 is 0 Å². The maximum atomic E-state index is 12.0. The van der Waals surface area contributed by atoms with Crippen molar-refractivity contribution in [1.82, 2.24) is 0 Å². The number of fused-ring (bicyclic) bond motifs is 1. The molecule has 1 unspecified atom stereocenters. The zero-order valence-electron chi connectivity index (χ0n) is 10.6. The number of hydrogen-bond acceptors (Lipinski definition) is 3. The van der Waals surface area contributed by atoms with Gasteiger partial charge < -0.3 is 4.42 Å². The number of carbonyl (C=O) groups is 1. The van der Waals surface area contributed by atoms with Crippen LogP contribution in [0.3, 0.4) is 0 Å². The molecule has 0 amide bonds. The minimum atomic E-state index is -0.394. The van der Waals surface area contributed by atoms with E-state index in [4.69, 9.17) is 4.42 Å². The quantitative estimate of drug-likeness (QED) is 0.611. The molecule has 0 bridgehead atoms. The summed E-state index contributed by atoms with van der Waals surface area (Å²) in [6.07, 6.45) is 1.51. The molecule has 1 aromatic heterocycles. The first-order valence-electron chi connectivity index (χ1n) is 6.17. The highest BCUT2D eigenvalue weighted by molar-refractivity contribution is 5.99. The van der Waals surface area contributed by atoms with Crippen LogP contribution in [0.1, 0.15) is 37.0 Å². The van der Waals surface area contributed by atoms with Crippen LogP contribution in [0.15, 0.2) is 39.5 Å². The predicted molar refractivity (Wildman–Crippen MR) is 70.9 cm³/mol. The molecular formula is C15H16O3. The highest BCUT2D eigenvalue weighted by Gasteiger charge is 2.11. The van der Waals surface area contributed by atoms with Crippen molar-refractivity contribution in [3.63, 3.8) is 0 Å². The average Bonchev–Trinajstić information content (AvgIpc) is 2.37. The molecule has 0 aliphatic carbocycles. The van der Waals surface area contributed by atoms with Crippen LogP contribution >= 0.6 is 0 Å². The standard InChI is InChI=1S/C15H16O3/c1-3-10(2)8-13(16)12-5-4-11-6-7-15(17)18-14(11)9-12/h4-7,9-10H,3,8H2,1-2H3. The molecule has 3 nitrogen and oxygen atoms in total. The molecule has 0 N–H and O–H groups in total. The van der Waals surface area contributed by atoms with E-state index in [1.807, 2.05) is 6.07 Å².